The van der Waals surface area contributed by atoms with Crippen LogP contribution in [-0.4, -0.2) is 19.7 Å². The lowest BCUT2D eigenvalue weighted by Crippen LogP contribution is -2.10. The van der Waals surface area contributed by atoms with Crippen molar-refractivity contribution in [3.05, 3.63) is 23.8 Å². The lowest BCUT2D eigenvalue weighted by Gasteiger charge is -2.14. The molecule has 1 rings (SSSR count). The van der Waals surface area contributed by atoms with Gasteiger partial charge in [0.05, 0.1) is 36.5 Å². The van der Waals surface area contributed by atoms with E-state index in [1.165, 1.54) is 7.11 Å². The third kappa shape index (κ3) is 5.35. The molecule has 114 valence electrons. The van der Waals surface area contributed by atoms with E-state index in [9.17, 15) is 4.79 Å². The van der Waals surface area contributed by atoms with Gasteiger partial charge in [-0.15, -0.1) is 0 Å². The number of esters is 1. The number of nitriles is 1. The second kappa shape index (κ2) is 7.53. The molecule has 0 unspecified atom stereocenters. The molecule has 0 aliphatic rings. The molecule has 0 aliphatic heterocycles. The largest absolute Gasteiger partial charge is 0.495 e. The van der Waals surface area contributed by atoms with Crippen LogP contribution >= 0.6 is 0 Å². The Labute approximate surface area is 125 Å². The first kappa shape index (κ1) is 16.8. The molecule has 0 heterocycles. The summed E-state index contributed by atoms with van der Waals surface area (Å²) in [6.45, 7) is 4.15. The van der Waals surface area contributed by atoms with Gasteiger partial charge in [-0.25, -0.2) is 4.79 Å². The fraction of sp³-hybridized carbons (Fsp3) is 0.500. The van der Waals surface area contributed by atoms with Gasteiger partial charge in [-0.05, 0) is 51.3 Å². The molecule has 5 heteroatoms. The van der Waals surface area contributed by atoms with Crippen molar-refractivity contribution in [3.63, 3.8) is 0 Å². The van der Waals surface area contributed by atoms with E-state index in [0.717, 1.165) is 19.3 Å². The molecule has 0 atom stereocenters. The molecule has 0 spiro atoms. The predicted molar refractivity (Wildman–Crippen MR) is 80.9 cm³/mol. The number of nitrogen functional groups attached to an aromatic ring is 1. The summed E-state index contributed by atoms with van der Waals surface area (Å²) in [6, 6.07) is 7.04. The number of methoxy groups -OCH3 is 1. The van der Waals surface area contributed by atoms with Crippen molar-refractivity contribution in [1.29, 1.82) is 5.26 Å². The summed E-state index contributed by atoms with van der Waals surface area (Å²) < 4.78 is 10.3. The Bertz CT molecular complexity index is 533. The molecule has 2 N–H and O–H groups in total. The van der Waals surface area contributed by atoms with Crippen molar-refractivity contribution in [3.8, 4) is 11.8 Å². The van der Waals surface area contributed by atoms with E-state index in [4.69, 9.17) is 20.5 Å². The third-order valence-electron chi connectivity index (χ3n) is 3.20. The number of carbonyl (C=O) groups excluding carboxylic acids is 1. The number of hydrogen-bond acceptors (Lipinski definition) is 5. The van der Waals surface area contributed by atoms with Crippen molar-refractivity contribution in [1.82, 2.24) is 0 Å². The maximum Gasteiger partial charge on any atom is 0.338 e. The summed E-state index contributed by atoms with van der Waals surface area (Å²) in [4.78, 5) is 11.9. The highest BCUT2D eigenvalue weighted by atomic mass is 16.5. The summed E-state index contributed by atoms with van der Waals surface area (Å²) in [6.07, 6.45) is 2.37. The molecule has 0 saturated heterocycles. The topological polar surface area (TPSA) is 85.3 Å². The van der Waals surface area contributed by atoms with E-state index in [1.54, 1.807) is 18.2 Å². The van der Waals surface area contributed by atoms with Crippen LogP contribution in [-0.2, 0) is 4.74 Å². The number of rotatable bonds is 7. The van der Waals surface area contributed by atoms with Crippen LogP contribution in [0.4, 0.5) is 5.69 Å². The Morgan fingerprint density at radius 1 is 1.38 bits per heavy atom. The van der Waals surface area contributed by atoms with Crippen LogP contribution in [0.3, 0.4) is 0 Å². The smallest absolute Gasteiger partial charge is 0.338 e. The van der Waals surface area contributed by atoms with Gasteiger partial charge in [0.2, 0.25) is 0 Å². The molecular weight excluding hydrogens is 268 g/mol. The van der Waals surface area contributed by atoms with Gasteiger partial charge < -0.3 is 15.2 Å². The number of ether oxygens (including phenoxy) is 2. The predicted octanol–water partition coefficient (Wildman–Crippen LogP) is 3.15. The SMILES string of the molecule is COc1cc(C(=O)OCCCCC(C)(C)C#N)ccc1N. The summed E-state index contributed by atoms with van der Waals surface area (Å²) in [5, 5.41) is 8.90. The average molecular weight is 290 g/mol. The highest BCUT2D eigenvalue weighted by Crippen LogP contribution is 2.23. The number of benzene rings is 1. The summed E-state index contributed by atoms with van der Waals surface area (Å²) in [5.41, 5.74) is 6.26. The number of unbranched alkanes of at least 4 members (excludes halogenated alkanes) is 1. The van der Waals surface area contributed by atoms with Crippen molar-refractivity contribution in [2.75, 3.05) is 19.5 Å². The molecule has 0 fully saturated rings. The van der Waals surface area contributed by atoms with Crippen LogP contribution < -0.4 is 10.5 Å². The van der Waals surface area contributed by atoms with Crippen molar-refractivity contribution in [2.45, 2.75) is 33.1 Å². The quantitative estimate of drug-likeness (QED) is 0.473. The Hall–Kier alpha value is -2.22. The first-order chi connectivity index (χ1) is 9.89. The minimum atomic E-state index is -0.396. The minimum absolute atomic E-state index is 0.325. The zero-order valence-corrected chi connectivity index (χ0v) is 12.8. The second-order valence-electron chi connectivity index (χ2n) is 5.55. The first-order valence-electron chi connectivity index (χ1n) is 6.91. The monoisotopic (exact) mass is 290 g/mol. The molecule has 5 nitrogen and oxygen atoms in total. The van der Waals surface area contributed by atoms with Crippen LogP contribution in [0.1, 0.15) is 43.5 Å². The number of nitrogens with two attached hydrogens (primary N) is 1. The van der Waals surface area contributed by atoms with E-state index in [1.807, 2.05) is 13.8 Å². The molecule has 0 bridgehead atoms. The van der Waals surface area contributed by atoms with E-state index >= 15 is 0 Å². The number of nitrogens with zero attached hydrogens (tertiary/aromatic N) is 1. The van der Waals surface area contributed by atoms with Crippen molar-refractivity contribution < 1.29 is 14.3 Å². The molecule has 1 aromatic carbocycles. The molecule has 21 heavy (non-hydrogen) atoms. The van der Waals surface area contributed by atoms with E-state index < -0.39 is 5.97 Å². The highest BCUT2D eigenvalue weighted by molar-refractivity contribution is 5.90. The molecular formula is C16H22N2O3. The Balaban J connectivity index is 2.40. The fourth-order valence-corrected chi connectivity index (χ4v) is 1.81. The van der Waals surface area contributed by atoms with E-state index in [-0.39, 0.29) is 5.41 Å². The van der Waals surface area contributed by atoms with Gasteiger partial charge in [0, 0.05) is 0 Å². The average Bonchev–Trinajstić information content (AvgIpc) is 2.47. The number of hydrogen-bond donors (Lipinski definition) is 1. The van der Waals surface area contributed by atoms with Crippen molar-refractivity contribution in [2.24, 2.45) is 5.41 Å². The molecule has 0 saturated carbocycles. The van der Waals surface area contributed by atoms with Crippen LogP contribution in [0.15, 0.2) is 18.2 Å². The van der Waals surface area contributed by atoms with Gasteiger partial charge in [-0.1, -0.05) is 0 Å². The molecule has 0 aromatic heterocycles. The van der Waals surface area contributed by atoms with Gasteiger partial charge in [0.1, 0.15) is 5.75 Å². The zero-order chi connectivity index (χ0) is 15.9. The lowest BCUT2D eigenvalue weighted by molar-refractivity contribution is 0.0496. The lowest BCUT2D eigenvalue weighted by atomic mass is 9.89. The summed E-state index contributed by atoms with van der Waals surface area (Å²) in [5.74, 6) is 0.0630. The molecule has 0 aliphatic carbocycles. The van der Waals surface area contributed by atoms with Gasteiger partial charge in [0.15, 0.2) is 0 Å². The first-order valence-corrected chi connectivity index (χ1v) is 6.91. The van der Waals surface area contributed by atoms with Crippen LogP contribution in [0.25, 0.3) is 0 Å². The Kier molecular flexibility index (Phi) is 6.04. The zero-order valence-electron chi connectivity index (χ0n) is 12.8. The summed E-state index contributed by atoms with van der Waals surface area (Å²) >= 11 is 0. The van der Waals surface area contributed by atoms with Crippen LogP contribution in [0, 0.1) is 16.7 Å². The van der Waals surface area contributed by atoms with Crippen molar-refractivity contribution >= 4 is 11.7 Å². The van der Waals surface area contributed by atoms with E-state index in [2.05, 4.69) is 6.07 Å². The van der Waals surface area contributed by atoms with Crippen LogP contribution in [0.2, 0.25) is 0 Å². The standard InChI is InChI=1S/C16H22N2O3/c1-16(2,11-17)8-4-5-9-21-15(19)12-6-7-13(18)14(10-12)20-3/h6-7,10H,4-5,8-9,18H2,1-3H3. The number of carbonyl (C=O) groups is 1. The molecule has 0 amide bonds. The second-order valence-corrected chi connectivity index (χ2v) is 5.55. The Morgan fingerprint density at radius 3 is 2.71 bits per heavy atom. The van der Waals surface area contributed by atoms with Crippen LogP contribution in [0.5, 0.6) is 5.75 Å². The maximum atomic E-state index is 11.9. The normalized spacial score (nSPS) is 10.8. The Morgan fingerprint density at radius 2 is 2.10 bits per heavy atom. The number of anilines is 1. The minimum Gasteiger partial charge on any atom is -0.495 e. The summed E-state index contributed by atoms with van der Waals surface area (Å²) in [7, 11) is 1.50. The third-order valence-corrected chi connectivity index (χ3v) is 3.20. The molecule has 0 radical (unpaired) electrons. The molecule has 1 aromatic rings. The fourth-order valence-electron chi connectivity index (χ4n) is 1.81. The van der Waals surface area contributed by atoms with Gasteiger partial charge in [0.25, 0.3) is 0 Å². The van der Waals surface area contributed by atoms with E-state index in [0.29, 0.717) is 23.6 Å². The maximum absolute atomic E-state index is 11.9. The van der Waals surface area contributed by atoms with Gasteiger partial charge in [-0.3, -0.25) is 0 Å². The van der Waals surface area contributed by atoms with Gasteiger partial charge >= 0.3 is 5.97 Å². The highest BCUT2D eigenvalue weighted by Gasteiger charge is 2.16. The van der Waals surface area contributed by atoms with Gasteiger partial charge in [-0.2, -0.15) is 5.26 Å².